The normalized spacial score (nSPS) is 22.1. The molecular weight excluding hydrogens is 398 g/mol. The summed E-state index contributed by atoms with van der Waals surface area (Å²) in [6.45, 7) is 0.119. The third kappa shape index (κ3) is 2.64. The first-order valence-corrected chi connectivity index (χ1v) is 10.4. The minimum Gasteiger partial charge on any atom is -0.454 e. The Morgan fingerprint density at radius 1 is 1.10 bits per heavy atom. The SMILES string of the molecule is O=C1[C@H]2Cc3c([nH]c4ccccc34)[C@@H](c3ccc4c(c3)OCO4)N2C(=O)CN1CCO. The Kier molecular flexibility index (Phi) is 3.97. The molecule has 2 amide bonds. The summed E-state index contributed by atoms with van der Waals surface area (Å²) in [5.41, 5.74) is 3.81. The number of aliphatic hydroxyl groups is 1. The molecule has 158 valence electrons. The molecule has 2 N–H and O–H groups in total. The van der Waals surface area contributed by atoms with Crippen LogP contribution in [0.25, 0.3) is 10.9 Å². The van der Waals surface area contributed by atoms with E-state index in [9.17, 15) is 14.7 Å². The van der Waals surface area contributed by atoms with Crippen LogP contribution < -0.4 is 9.47 Å². The summed E-state index contributed by atoms with van der Waals surface area (Å²) < 4.78 is 11.0. The lowest BCUT2D eigenvalue weighted by molar-refractivity contribution is -0.159. The minimum atomic E-state index is -0.616. The number of rotatable bonds is 3. The first-order valence-electron chi connectivity index (χ1n) is 10.4. The predicted molar refractivity (Wildman–Crippen MR) is 111 cm³/mol. The van der Waals surface area contributed by atoms with Crippen molar-refractivity contribution in [2.75, 3.05) is 26.5 Å². The maximum atomic E-state index is 13.3. The number of hydrogen-bond donors (Lipinski definition) is 2. The molecule has 1 aromatic heterocycles. The number of para-hydroxylation sites is 1. The zero-order valence-corrected chi connectivity index (χ0v) is 16.7. The molecule has 0 radical (unpaired) electrons. The van der Waals surface area contributed by atoms with E-state index in [4.69, 9.17) is 9.47 Å². The monoisotopic (exact) mass is 419 g/mol. The summed E-state index contributed by atoms with van der Waals surface area (Å²) >= 11 is 0. The molecule has 31 heavy (non-hydrogen) atoms. The Hall–Kier alpha value is -3.52. The molecule has 0 unspecified atom stereocenters. The van der Waals surface area contributed by atoms with Crippen molar-refractivity contribution in [2.24, 2.45) is 0 Å². The van der Waals surface area contributed by atoms with Crippen LogP contribution in [0.1, 0.15) is 22.9 Å². The third-order valence-corrected chi connectivity index (χ3v) is 6.42. The quantitative estimate of drug-likeness (QED) is 0.672. The molecule has 3 aliphatic heterocycles. The standard InChI is InChI=1S/C23H21N3O5/c27-8-7-25-11-20(28)26-17(23(25)29)10-15-14-3-1-2-4-16(14)24-21(15)22(26)13-5-6-18-19(9-13)31-12-30-18/h1-6,9,17,22,24,27H,7-8,10-12H2/t17-,22-/m1/s1. The van der Waals surface area contributed by atoms with E-state index in [-0.39, 0.29) is 38.3 Å². The first kappa shape index (κ1) is 18.3. The van der Waals surface area contributed by atoms with Gasteiger partial charge in [0, 0.05) is 29.6 Å². The average Bonchev–Trinajstić information content (AvgIpc) is 3.40. The van der Waals surface area contributed by atoms with E-state index in [0.29, 0.717) is 17.9 Å². The van der Waals surface area contributed by atoms with Crippen molar-refractivity contribution in [3.05, 3.63) is 59.3 Å². The van der Waals surface area contributed by atoms with Gasteiger partial charge in [0.05, 0.1) is 19.2 Å². The van der Waals surface area contributed by atoms with Crippen molar-refractivity contribution in [1.29, 1.82) is 0 Å². The molecule has 2 atom stereocenters. The van der Waals surface area contributed by atoms with Crippen molar-refractivity contribution >= 4 is 22.7 Å². The molecule has 0 bridgehead atoms. The van der Waals surface area contributed by atoms with Gasteiger partial charge in [0.2, 0.25) is 18.6 Å². The maximum Gasteiger partial charge on any atom is 0.246 e. The van der Waals surface area contributed by atoms with Crippen LogP contribution in [0, 0.1) is 0 Å². The van der Waals surface area contributed by atoms with Gasteiger partial charge in [0.25, 0.3) is 0 Å². The van der Waals surface area contributed by atoms with Crippen LogP contribution in [0.4, 0.5) is 0 Å². The largest absolute Gasteiger partial charge is 0.454 e. The Balaban J connectivity index is 1.54. The molecule has 2 aromatic carbocycles. The van der Waals surface area contributed by atoms with Crippen LogP contribution in [0.15, 0.2) is 42.5 Å². The summed E-state index contributed by atoms with van der Waals surface area (Å²) in [5, 5.41) is 10.4. The van der Waals surface area contributed by atoms with Crippen molar-refractivity contribution in [2.45, 2.75) is 18.5 Å². The van der Waals surface area contributed by atoms with Crippen LogP contribution in [0.3, 0.4) is 0 Å². The Morgan fingerprint density at radius 3 is 2.81 bits per heavy atom. The van der Waals surface area contributed by atoms with Crippen molar-refractivity contribution < 1.29 is 24.2 Å². The number of carbonyl (C=O) groups is 2. The maximum absolute atomic E-state index is 13.3. The molecule has 4 heterocycles. The van der Waals surface area contributed by atoms with Crippen molar-refractivity contribution in [3.8, 4) is 11.5 Å². The first-order chi connectivity index (χ1) is 15.2. The fraction of sp³-hybridized carbons (Fsp3) is 0.304. The van der Waals surface area contributed by atoms with Gasteiger partial charge in [0.1, 0.15) is 6.04 Å². The number of benzene rings is 2. The van der Waals surface area contributed by atoms with E-state index in [1.54, 1.807) is 4.90 Å². The number of aliphatic hydroxyl groups excluding tert-OH is 1. The number of carbonyl (C=O) groups excluding carboxylic acids is 2. The second-order valence-electron chi connectivity index (χ2n) is 8.08. The van der Waals surface area contributed by atoms with Crippen LogP contribution >= 0.6 is 0 Å². The van der Waals surface area contributed by atoms with Gasteiger partial charge in [-0.2, -0.15) is 0 Å². The van der Waals surface area contributed by atoms with E-state index in [1.165, 1.54) is 4.90 Å². The zero-order chi connectivity index (χ0) is 21.1. The number of amides is 2. The molecule has 0 saturated carbocycles. The summed E-state index contributed by atoms with van der Waals surface area (Å²) in [6.07, 6.45) is 0.437. The van der Waals surface area contributed by atoms with Gasteiger partial charge in [-0.15, -0.1) is 0 Å². The number of hydrogen-bond acceptors (Lipinski definition) is 5. The number of β-amino-alcohol motifs (C(OH)–C–C–N with tert-alkyl or cyclic N) is 1. The van der Waals surface area contributed by atoms with Gasteiger partial charge in [-0.25, -0.2) is 0 Å². The van der Waals surface area contributed by atoms with Gasteiger partial charge in [-0.3, -0.25) is 9.59 Å². The van der Waals surface area contributed by atoms with Crippen LogP contribution in [-0.4, -0.2) is 64.2 Å². The molecular formula is C23H21N3O5. The Bertz CT molecular complexity index is 1220. The average molecular weight is 419 g/mol. The number of piperazine rings is 1. The van der Waals surface area contributed by atoms with E-state index in [1.807, 2.05) is 42.5 Å². The lowest BCUT2D eigenvalue weighted by Gasteiger charge is -2.47. The van der Waals surface area contributed by atoms with Gasteiger partial charge >= 0.3 is 0 Å². The van der Waals surface area contributed by atoms with Crippen molar-refractivity contribution in [1.82, 2.24) is 14.8 Å². The summed E-state index contributed by atoms with van der Waals surface area (Å²) in [6, 6.07) is 12.6. The van der Waals surface area contributed by atoms with E-state index in [2.05, 4.69) is 4.98 Å². The second kappa shape index (κ2) is 6.75. The highest BCUT2D eigenvalue weighted by molar-refractivity contribution is 5.97. The van der Waals surface area contributed by atoms with E-state index < -0.39 is 12.1 Å². The number of H-pyrrole nitrogens is 1. The van der Waals surface area contributed by atoms with Crippen LogP contribution in [0.5, 0.6) is 11.5 Å². The number of aromatic amines is 1. The summed E-state index contributed by atoms with van der Waals surface area (Å²) in [5.74, 6) is 1.04. The molecule has 0 spiro atoms. The number of fused-ring (bicyclic) bond motifs is 5. The topological polar surface area (TPSA) is 95.1 Å². The highest BCUT2D eigenvalue weighted by Crippen LogP contribution is 2.44. The fourth-order valence-corrected chi connectivity index (χ4v) is 5.06. The Morgan fingerprint density at radius 2 is 1.94 bits per heavy atom. The van der Waals surface area contributed by atoms with Crippen LogP contribution in [0.2, 0.25) is 0 Å². The number of aromatic nitrogens is 1. The number of nitrogens with one attached hydrogen (secondary N) is 1. The third-order valence-electron chi connectivity index (χ3n) is 6.42. The van der Waals surface area contributed by atoms with Gasteiger partial charge < -0.3 is 29.4 Å². The fourth-order valence-electron chi connectivity index (χ4n) is 5.06. The van der Waals surface area contributed by atoms with Gasteiger partial charge in [-0.1, -0.05) is 24.3 Å². The Labute approximate surface area is 178 Å². The van der Waals surface area contributed by atoms with E-state index in [0.717, 1.165) is 27.7 Å². The molecule has 1 saturated heterocycles. The highest BCUT2D eigenvalue weighted by Gasteiger charge is 2.48. The molecule has 8 nitrogen and oxygen atoms in total. The molecule has 3 aromatic rings. The zero-order valence-electron chi connectivity index (χ0n) is 16.7. The minimum absolute atomic E-state index is 0.0352. The van der Waals surface area contributed by atoms with E-state index >= 15 is 0 Å². The highest BCUT2D eigenvalue weighted by atomic mass is 16.7. The molecule has 3 aliphatic rings. The van der Waals surface area contributed by atoms with Gasteiger partial charge in [-0.05, 0) is 29.3 Å². The summed E-state index contributed by atoms with van der Waals surface area (Å²) in [4.78, 5) is 33.2. The molecule has 8 heteroatoms. The van der Waals surface area contributed by atoms with Crippen LogP contribution in [-0.2, 0) is 16.0 Å². The summed E-state index contributed by atoms with van der Waals surface area (Å²) in [7, 11) is 0. The second-order valence-corrected chi connectivity index (χ2v) is 8.08. The molecule has 1 fully saturated rings. The molecule has 6 rings (SSSR count). The van der Waals surface area contributed by atoms with Gasteiger partial charge in [0.15, 0.2) is 11.5 Å². The predicted octanol–water partition coefficient (Wildman–Crippen LogP) is 1.57. The lowest BCUT2D eigenvalue weighted by Crippen LogP contribution is -2.63. The number of nitrogens with zero attached hydrogens (tertiary/aromatic N) is 2. The smallest absolute Gasteiger partial charge is 0.246 e. The molecule has 0 aliphatic carbocycles. The number of ether oxygens (including phenoxy) is 2. The lowest BCUT2D eigenvalue weighted by atomic mass is 9.86. The van der Waals surface area contributed by atoms with Crippen molar-refractivity contribution in [3.63, 3.8) is 0 Å².